The molecule has 0 bridgehead atoms. The van der Waals surface area contributed by atoms with Crippen LogP contribution in [0.25, 0.3) is 0 Å². The summed E-state index contributed by atoms with van der Waals surface area (Å²) < 4.78 is 37.7. The molecule has 1 atom stereocenters. The molecule has 1 rings (SSSR count). The number of sulfonamides is 1. The zero-order valence-electron chi connectivity index (χ0n) is 9.62. The van der Waals surface area contributed by atoms with Gasteiger partial charge in [0.1, 0.15) is 5.82 Å². The van der Waals surface area contributed by atoms with E-state index < -0.39 is 15.8 Å². The molecule has 1 unspecified atom stereocenters. The molecular formula is C11H16FNO2S. The van der Waals surface area contributed by atoms with E-state index in [2.05, 4.69) is 4.72 Å². The lowest BCUT2D eigenvalue weighted by molar-refractivity contribution is 0.606. The zero-order chi connectivity index (χ0) is 12.3. The van der Waals surface area contributed by atoms with Crippen LogP contribution in [0.15, 0.2) is 18.2 Å². The number of hydrogen-bond donors (Lipinski definition) is 1. The van der Waals surface area contributed by atoms with Gasteiger partial charge in [-0.1, -0.05) is 19.9 Å². The van der Waals surface area contributed by atoms with Gasteiger partial charge in [-0.05, 0) is 30.0 Å². The van der Waals surface area contributed by atoms with Crippen LogP contribution in [0.5, 0.6) is 0 Å². The van der Waals surface area contributed by atoms with Crippen LogP contribution in [0.4, 0.5) is 10.1 Å². The number of hydrogen-bond acceptors (Lipinski definition) is 2. The van der Waals surface area contributed by atoms with Crippen molar-refractivity contribution in [3.8, 4) is 0 Å². The van der Waals surface area contributed by atoms with Crippen molar-refractivity contribution in [3.63, 3.8) is 0 Å². The summed E-state index contributed by atoms with van der Waals surface area (Å²) in [5.41, 5.74) is 1.14. The van der Waals surface area contributed by atoms with E-state index in [1.54, 1.807) is 6.07 Å². The monoisotopic (exact) mass is 245 g/mol. The van der Waals surface area contributed by atoms with Gasteiger partial charge in [0.25, 0.3) is 0 Å². The highest BCUT2D eigenvalue weighted by molar-refractivity contribution is 7.92. The summed E-state index contributed by atoms with van der Waals surface area (Å²) in [6.45, 7) is 3.97. The highest BCUT2D eigenvalue weighted by Gasteiger charge is 2.12. The molecule has 0 fully saturated rings. The SMILES string of the molecule is CCC(C)c1ccc(F)cc1NS(C)(=O)=O. The average molecular weight is 245 g/mol. The van der Waals surface area contributed by atoms with Crippen LogP contribution in [0.1, 0.15) is 31.7 Å². The first-order valence-corrected chi connectivity index (χ1v) is 7.00. The summed E-state index contributed by atoms with van der Waals surface area (Å²) in [5.74, 6) is -0.261. The van der Waals surface area contributed by atoms with Crippen molar-refractivity contribution >= 4 is 15.7 Å². The van der Waals surface area contributed by atoms with Crippen LogP contribution in [0.2, 0.25) is 0 Å². The lowest BCUT2D eigenvalue weighted by atomic mass is 9.97. The Kier molecular flexibility index (Phi) is 3.91. The third-order valence-corrected chi connectivity index (χ3v) is 3.04. The molecule has 0 amide bonds. The Morgan fingerprint density at radius 3 is 2.56 bits per heavy atom. The quantitative estimate of drug-likeness (QED) is 0.886. The van der Waals surface area contributed by atoms with Crippen LogP contribution in [-0.4, -0.2) is 14.7 Å². The highest BCUT2D eigenvalue weighted by Crippen LogP contribution is 2.28. The molecule has 0 aliphatic rings. The van der Waals surface area contributed by atoms with Gasteiger partial charge < -0.3 is 0 Å². The zero-order valence-corrected chi connectivity index (χ0v) is 10.4. The molecule has 90 valence electrons. The van der Waals surface area contributed by atoms with E-state index in [9.17, 15) is 12.8 Å². The minimum absolute atomic E-state index is 0.185. The second-order valence-electron chi connectivity index (χ2n) is 3.92. The average Bonchev–Trinajstić information content (AvgIpc) is 2.14. The van der Waals surface area contributed by atoms with Gasteiger partial charge in [-0.15, -0.1) is 0 Å². The Bertz CT molecular complexity index is 471. The van der Waals surface area contributed by atoms with Crippen LogP contribution in [0.3, 0.4) is 0 Å². The molecule has 3 nitrogen and oxygen atoms in total. The molecule has 1 aromatic carbocycles. The Balaban J connectivity index is 3.18. The maximum Gasteiger partial charge on any atom is 0.229 e. The topological polar surface area (TPSA) is 46.2 Å². The van der Waals surface area contributed by atoms with Crippen molar-refractivity contribution < 1.29 is 12.8 Å². The Morgan fingerprint density at radius 2 is 2.06 bits per heavy atom. The molecule has 1 N–H and O–H groups in total. The summed E-state index contributed by atoms with van der Waals surface area (Å²) in [6.07, 6.45) is 1.92. The summed E-state index contributed by atoms with van der Waals surface area (Å²) in [5, 5.41) is 0. The minimum Gasteiger partial charge on any atom is -0.283 e. The highest BCUT2D eigenvalue weighted by atomic mass is 32.2. The van der Waals surface area contributed by atoms with Gasteiger partial charge >= 0.3 is 0 Å². The number of nitrogens with one attached hydrogen (secondary N) is 1. The van der Waals surface area contributed by atoms with E-state index in [0.29, 0.717) is 5.69 Å². The fourth-order valence-corrected chi connectivity index (χ4v) is 2.04. The fourth-order valence-electron chi connectivity index (χ4n) is 1.47. The van der Waals surface area contributed by atoms with E-state index in [4.69, 9.17) is 0 Å². The lowest BCUT2D eigenvalue weighted by Crippen LogP contribution is -2.12. The smallest absolute Gasteiger partial charge is 0.229 e. The summed E-state index contributed by atoms with van der Waals surface area (Å²) in [7, 11) is -3.37. The van der Waals surface area contributed by atoms with Crippen molar-refractivity contribution in [2.45, 2.75) is 26.2 Å². The Morgan fingerprint density at radius 1 is 1.44 bits per heavy atom. The number of halogens is 1. The Hall–Kier alpha value is -1.10. The van der Waals surface area contributed by atoms with Crippen LogP contribution >= 0.6 is 0 Å². The maximum absolute atomic E-state index is 13.1. The number of rotatable bonds is 4. The van der Waals surface area contributed by atoms with Crippen LogP contribution in [0, 0.1) is 5.82 Å². The minimum atomic E-state index is -3.37. The number of benzene rings is 1. The Labute approximate surface area is 95.7 Å². The van der Waals surface area contributed by atoms with Gasteiger partial charge in [-0.2, -0.15) is 0 Å². The van der Waals surface area contributed by atoms with Crippen molar-refractivity contribution in [2.24, 2.45) is 0 Å². The second kappa shape index (κ2) is 4.82. The van der Waals surface area contributed by atoms with Crippen LogP contribution < -0.4 is 4.72 Å². The standard InChI is InChI=1S/C11H16FNO2S/c1-4-8(2)10-6-5-9(12)7-11(10)13-16(3,14)15/h5-8,13H,4H2,1-3H3. The maximum atomic E-state index is 13.1. The van der Waals surface area contributed by atoms with Gasteiger partial charge in [-0.3, -0.25) is 4.72 Å². The van der Waals surface area contributed by atoms with E-state index in [0.717, 1.165) is 18.2 Å². The number of anilines is 1. The molecule has 1 aromatic rings. The molecule has 5 heteroatoms. The molecule has 0 aliphatic heterocycles. The molecule has 0 saturated heterocycles. The lowest BCUT2D eigenvalue weighted by Gasteiger charge is -2.15. The fraction of sp³-hybridized carbons (Fsp3) is 0.455. The first kappa shape index (κ1) is 13.0. The van der Waals surface area contributed by atoms with Crippen molar-refractivity contribution in [2.75, 3.05) is 11.0 Å². The third-order valence-electron chi connectivity index (χ3n) is 2.45. The molecule has 0 heterocycles. The molecular weight excluding hydrogens is 229 g/mol. The van der Waals surface area contributed by atoms with Crippen molar-refractivity contribution in [1.29, 1.82) is 0 Å². The van der Waals surface area contributed by atoms with E-state index in [1.165, 1.54) is 12.1 Å². The van der Waals surface area contributed by atoms with E-state index >= 15 is 0 Å². The van der Waals surface area contributed by atoms with Gasteiger partial charge in [-0.25, -0.2) is 12.8 Å². The van der Waals surface area contributed by atoms with Crippen molar-refractivity contribution in [1.82, 2.24) is 0 Å². The normalized spacial score (nSPS) is 13.5. The molecule has 0 saturated carbocycles. The van der Waals surface area contributed by atoms with Gasteiger partial charge in [0.15, 0.2) is 0 Å². The molecule has 0 aliphatic carbocycles. The van der Waals surface area contributed by atoms with Crippen molar-refractivity contribution in [3.05, 3.63) is 29.6 Å². The second-order valence-corrected chi connectivity index (χ2v) is 5.66. The van der Waals surface area contributed by atoms with E-state index in [-0.39, 0.29) is 5.92 Å². The first-order chi connectivity index (χ1) is 7.33. The van der Waals surface area contributed by atoms with Gasteiger partial charge in [0.2, 0.25) is 10.0 Å². The van der Waals surface area contributed by atoms with Gasteiger partial charge in [0, 0.05) is 0 Å². The molecule has 0 radical (unpaired) electrons. The third kappa shape index (κ3) is 3.48. The summed E-state index contributed by atoms with van der Waals surface area (Å²) in [6, 6.07) is 4.18. The summed E-state index contributed by atoms with van der Waals surface area (Å²) >= 11 is 0. The molecule has 0 aromatic heterocycles. The van der Waals surface area contributed by atoms with Gasteiger partial charge in [0.05, 0.1) is 11.9 Å². The summed E-state index contributed by atoms with van der Waals surface area (Å²) in [4.78, 5) is 0. The van der Waals surface area contributed by atoms with Crippen LogP contribution in [-0.2, 0) is 10.0 Å². The predicted octanol–water partition coefficient (Wildman–Crippen LogP) is 2.71. The first-order valence-electron chi connectivity index (χ1n) is 5.10. The van der Waals surface area contributed by atoms with E-state index in [1.807, 2.05) is 13.8 Å². The molecule has 16 heavy (non-hydrogen) atoms. The predicted molar refractivity (Wildman–Crippen MR) is 63.6 cm³/mol. The molecule has 0 spiro atoms. The largest absolute Gasteiger partial charge is 0.283 e.